The molecule has 0 aromatic heterocycles. The Kier molecular flexibility index (Phi) is 4.10. The van der Waals surface area contributed by atoms with Crippen LogP contribution in [0.2, 0.25) is 0 Å². The summed E-state index contributed by atoms with van der Waals surface area (Å²) >= 11 is 5.41. The van der Waals surface area contributed by atoms with Gasteiger partial charge in [-0.25, -0.2) is 0 Å². The molecule has 3 rings (SSSR count). The molecule has 0 radical (unpaired) electrons. The molecule has 2 N–H and O–H groups in total. The van der Waals surface area contributed by atoms with Crippen molar-refractivity contribution in [2.75, 3.05) is 7.11 Å². The van der Waals surface area contributed by atoms with E-state index in [1.54, 1.807) is 7.11 Å². The van der Waals surface area contributed by atoms with Gasteiger partial charge in [-0.05, 0) is 61.0 Å². The zero-order chi connectivity index (χ0) is 13.9. The van der Waals surface area contributed by atoms with E-state index in [2.05, 4.69) is 22.8 Å². The van der Waals surface area contributed by atoms with Gasteiger partial charge in [0.1, 0.15) is 5.75 Å². The Morgan fingerprint density at radius 1 is 1.25 bits per heavy atom. The molecule has 0 heterocycles. The monoisotopic (exact) mass is 290 g/mol. The first-order valence-corrected chi connectivity index (χ1v) is 7.82. The highest BCUT2D eigenvalue weighted by molar-refractivity contribution is 7.80. The summed E-state index contributed by atoms with van der Waals surface area (Å²) in [4.78, 5) is 0. The Hall–Kier alpha value is -1.29. The minimum Gasteiger partial charge on any atom is -0.497 e. The Balaban J connectivity index is 1.44. The number of benzene rings is 1. The summed E-state index contributed by atoms with van der Waals surface area (Å²) in [5.74, 6) is 2.68. The quantitative estimate of drug-likeness (QED) is 0.836. The molecule has 2 saturated carbocycles. The van der Waals surface area contributed by atoms with Crippen molar-refractivity contribution in [2.45, 2.75) is 38.3 Å². The Morgan fingerprint density at radius 2 is 2.05 bits per heavy atom. The molecule has 0 spiro atoms. The van der Waals surface area contributed by atoms with Crippen LogP contribution in [-0.2, 0) is 6.54 Å². The minimum atomic E-state index is 0.601. The third-order valence-electron chi connectivity index (χ3n) is 4.67. The van der Waals surface area contributed by atoms with Crippen molar-refractivity contribution in [1.29, 1.82) is 0 Å². The molecule has 1 aromatic carbocycles. The molecule has 0 unspecified atom stereocenters. The second-order valence-electron chi connectivity index (χ2n) is 5.96. The van der Waals surface area contributed by atoms with Crippen molar-refractivity contribution in [3.63, 3.8) is 0 Å². The van der Waals surface area contributed by atoms with Crippen molar-refractivity contribution >= 4 is 17.3 Å². The molecular weight excluding hydrogens is 268 g/mol. The van der Waals surface area contributed by atoms with Crippen LogP contribution in [-0.4, -0.2) is 18.3 Å². The molecule has 2 bridgehead atoms. The van der Waals surface area contributed by atoms with Crippen LogP contribution < -0.4 is 15.4 Å². The van der Waals surface area contributed by atoms with Gasteiger partial charge in [-0.15, -0.1) is 0 Å². The lowest BCUT2D eigenvalue weighted by atomic mass is 9.96. The number of rotatable bonds is 4. The van der Waals surface area contributed by atoms with E-state index in [0.29, 0.717) is 6.04 Å². The van der Waals surface area contributed by atoms with E-state index >= 15 is 0 Å². The van der Waals surface area contributed by atoms with Crippen molar-refractivity contribution in [3.8, 4) is 5.75 Å². The molecule has 2 aliphatic rings. The Bertz CT molecular complexity index is 474. The van der Waals surface area contributed by atoms with Crippen LogP contribution in [0.25, 0.3) is 0 Å². The molecule has 3 atom stereocenters. The molecule has 0 aliphatic heterocycles. The van der Waals surface area contributed by atoms with Gasteiger partial charge in [-0.3, -0.25) is 0 Å². The third kappa shape index (κ3) is 3.06. The fraction of sp³-hybridized carbons (Fsp3) is 0.562. The van der Waals surface area contributed by atoms with Crippen LogP contribution in [0.4, 0.5) is 0 Å². The van der Waals surface area contributed by atoms with E-state index in [1.807, 2.05) is 12.1 Å². The van der Waals surface area contributed by atoms with Crippen molar-refractivity contribution in [1.82, 2.24) is 10.6 Å². The maximum Gasteiger partial charge on any atom is 0.166 e. The van der Waals surface area contributed by atoms with Gasteiger partial charge in [0, 0.05) is 12.6 Å². The van der Waals surface area contributed by atoms with E-state index in [4.69, 9.17) is 17.0 Å². The average Bonchev–Trinajstić information content (AvgIpc) is 3.08. The van der Waals surface area contributed by atoms with Crippen LogP contribution in [0.3, 0.4) is 0 Å². The van der Waals surface area contributed by atoms with Gasteiger partial charge in [-0.1, -0.05) is 18.6 Å². The summed E-state index contributed by atoms with van der Waals surface area (Å²) in [6.07, 6.45) is 5.51. The number of fused-ring (bicyclic) bond motifs is 2. The Morgan fingerprint density at radius 3 is 2.65 bits per heavy atom. The van der Waals surface area contributed by atoms with Crippen LogP contribution in [0, 0.1) is 11.8 Å². The molecule has 20 heavy (non-hydrogen) atoms. The SMILES string of the molecule is COc1ccc(CNC(=S)N[C@@H]2C[C@@H]3CC[C@@H]2C3)cc1. The number of ether oxygens (including phenoxy) is 1. The van der Waals surface area contributed by atoms with E-state index in [1.165, 1.54) is 31.2 Å². The van der Waals surface area contributed by atoms with Crippen LogP contribution >= 0.6 is 12.2 Å². The molecule has 2 fully saturated rings. The Labute approximate surface area is 126 Å². The molecule has 3 nitrogen and oxygen atoms in total. The first kappa shape index (κ1) is 13.7. The summed E-state index contributed by atoms with van der Waals surface area (Å²) in [6.45, 7) is 0.761. The average molecular weight is 290 g/mol. The van der Waals surface area contributed by atoms with Gasteiger partial charge >= 0.3 is 0 Å². The third-order valence-corrected chi connectivity index (χ3v) is 4.93. The maximum absolute atomic E-state index is 5.41. The van der Waals surface area contributed by atoms with E-state index < -0.39 is 0 Å². The molecule has 0 amide bonds. The highest BCUT2D eigenvalue weighted by atomic mass is 32.1. The van der Waals surface area contributed by atoms with Gasteiger partial charge < -0.3 is 15.4 Å². The van der Waals surface area contributed by atoms with E-state index in [-0.39, 0.29) is 0 Å². The summed E-state index contributed by atoms with van der Waals surface area (Å²) in [7, 11) is 1.68. The van der Waals surface area contributed by atoms with E-state index in [9.17, 15) is 0 Å². The zero-order valence-corrected chi connectivity index (χ0v) is 12.7. The molecule has 0 saturated heterocycles. The lowest BCUT2D eigenvalue weighted by molar-refractivity contribution is 0.389. The van der Waals surface area contributed by atoms with Gasteiger partial charge in [0.2, 0.25) is 0 Å². The normalized spacial score (nSPS) is 27.4. The number of thiocarbonyl (C=S) groups is 1. The lowest BCUT2D eigenvalue weighted by Crippen LogP contribution is -2.43. The van der Waals surface area contributed by atoms with Gasteiger partial charge in [0.25, 0.3) is 0 Å². The number of hydrogen-bond donors (Lipinski definition) is 2. The van der Waals surface area contributed by atoms with Gasteiger partial charge in [0.05, 0.1) is 7.11 Å². The fourth-order valence-corrected chi connectivity index (χ4v) is 3.79. The zero-order valence-electron chi connectivity index (χ0n) is 11.9. The smallest absolute Gasteiger partial charge is 0.166 e. The maximum atomic E-state index is 5.41. The summed E-state index contributed by atoms with van der Waals surface area (Å²) in [5, 5.41) is 7.59. The number of methoxy groups -OCH3 is 1. The molecular formula is C16H22N2OS. The van der Waals surface area contributed by atoms with Gasteiger partial charge in [-0.2, -0.15) is 0 Å². The first-order valence-electron chi connectivity index (χ1n) is 7.42. The molecule has 108 valence electrons. The van der Waals surface area contributed by atoms with Crippen LogP contribution in [0.15, 0.2) is 24.3 Å². The van der Waals surface area contributed by atoms with Crippen molar-refractivity contribution in [3.05, 3.63) is 29.8 Å². The summed E-state index contributed by atoms with van der Waals surface area (Å²) in [6, 6.07) is 8.68. The molecule has 2 aliphatic carbocycles. The second kappa shape index (κ2) is 6.00. The minimum absolute atomic E-state index is 0.601. The second-order valence-corrected chi connectivity index (χ2v) is 6.36. The van der Waals surface area contributed by atoms with E-state index in [0.717, 1.165) is 29.2 Å². The highest BCUT2D eigenvalue weighted by Crippen LogP contribution is 2.44. The summed E-state index contributed by atoms with van der Waals surface area (Å²) in [5.41, 5.74) is 1.21. The standard InChI is InChI=1S/C16H22N2OS/c1-19-14-6-3-11(4-7-14)10-17-16(20)18-15-9-12-2-5-13(15)8-12/h3-4,6-7,12-13,15H,2,5,8-10H2,1H3,(H2,17,18,20)/t12-,13-,15-/m1/s1. The lowest BCUT2D eigenvalue weighted by Gasteiger charge is -2.24. The van der Waals surface area contributed by atoms with Crippen molar-refractivity contribution in [2.24, 2.45) is 11.8 Å². The van der Waals surface area contributed by atoms with Crippen LogP contribution in [0.1, 0.15) is 31.2 Å². The summed E-state index contributed by atoms with van der Waals surface area (Å²) < 4.78 is 5.15. The number of hydrogen-bond acceptors (Lipinski definition) is 2. The predicted molar refractivity (Wildman–Crippen MR) is 84.8 cm³/mol. The first-order chi connectivity index (χ1) is 9.74. The van der Waals surface area contributed by atoms with Crippen LogP contribution in [0.5, 0.6) is 5.75 Å². The fourth-order valence-electron chi connectivity index (χ4n) is 3.57. The number of nitrogens with one attached hydrogen (secondary N) is 2. The predicted octanol–water partition coefficient (Wildman–Crippen LogP) is 2.85. The molecule has 4 heteroatoms. The van der Waals surface area contributed by atoms with Crippen molar-refractivity contribution < 1.29 is 4.74 Å². The largest absolute Gasteiger partial charge is 0.497 e. The van der Waals surface area contributed by atoms with Gasteiger partial charge in [0.15, 0.2) is 5.11 Å². The topological polar surface area (TPSA) is 33.3 Å². The molecule has 1 aromatic rings. The highest BCUT2D eigenvalue weighted by Gasteiger charge is 2.39.